The minimum Gasteiger partial charge on any atom is -0.365 e. The fraction of sp³-hybridized carbons (Fsp3) is 0.304. The number of benzene rings is 2. The molecule has 2 aliphatic rings. The summed E-state index contributed by atoms with van der Waals surface area (Å²) in [5, 5.41) is 9.17. The molecule has 0 spiro atoms. The molecule has 1 saturated heterocycles. The summed E-state index contributed by atoms with van der Waals surface area (Å²) in [4.78, 5) is 51.3. The second-order valence-electron chi connectivity index (χ2n) is 8.04. The minimum absolute atomic E-state index is 0.109. The van der Waals surface area contributed by atoms with E-state index in [4.69, 9.17) is 23.2 Å². The molecule has 2 aromatic rings. The topological polar surface area (TPSA) is 108 Å². The molecule has 2 aliphatic heterocycles. The van der Waals surface area contributed by atoms with Crippen LogP contribution < -0.4 is 16.0 Å². The third-order valence-electron chi connectivity index (χ3n) is 5.75. The summed E-state index contributed by atoms with van der Waals surface area (Å²) >= 11 is 11.9. The van der Waals surface area contributed by atoms with Crippen molar-refractivity contribution in [3.05, 3.63) is 63.1 Å². The number of carbonyl (C=O) groups excluding carboxylic acids is 4. The first kappa shape index (κ1) is 23.1. The fourth-order valence-corrected chi connectivity index (χ4v) is 4.49. The van der Waals surface area contributed by atoms with Gasteiger partial charge in [-0.05, 0) is 42.7 Å². The number of fused-ring (bicyclic) bond motifs is 1. The smallest absolute Gasteiger partial charge is 0.258 e. The Bertz CT molecular complexity index is 1150. The van der Waals surface area contributed by atoms with Crippen LogP contribution in [0.5, 0.6) is 0 Å². The SMILES string of the molecule is CC1Nc2cccc(CNC(=O)Cc3ccc(Cl)c(Cl)c3)c2C(=O)N1C1CCC(=O)NC1=O. The molecule has 4 amide bonds. The molecule has 0 radical (unpaired) electrons. The summed E-state index contributed by atoms with van der Waals surface area (Å²) in [5.41, 5.74) is 2.37. The first-order valence-corrected chi connectivity index (χ1v) is 11.3. The second kappa shape index (κ2) is 9.41. The van der Waals surface area contributed by atoms with Gasteiger partial charge in [0, 0.05) is 18.7 Å². The van der Waals surface area contributed by atoms with Crippen LogP contribution in [-0.4, -0.2) is 40.7 Å². The summed E-state index contributed by atoms with van der Waals surface area (Å²) in [5.74, 6) is -1.38. The lowest BCUT2D eigenvalue weighted by Gasteiger charge is -2.41. The van der Waals surface area contributed by atoms with Crippen LogP contribution in [0.3, 0.4) is 0 Å². The number of nitrogens with zero attached hydrogens (tertiary/aromatic N) is 1. The Balaban J connectivity index is 1.50. The van der Waals surface area contributed by atoms with Crippen molar-refractivity contribution in [2.45, 2.75) is 44.9 Å². The Labute approximate surface area is 200 Å². The summed E-state index contributed by atoms with van der Waals surface area (Å²) in [6, 6.07) is 9.60. The standard InChI is InChI=1S/C23H22Cl2N4O4/c1-12-27-17-4-2-3-14(11-26-20(31)10-13-5-6-15(24)16(25)9-13)21(17)23(33)29(12)18-7-8-19(30)28-22(18)32/h2-6,9,12,18,27H,7-8,10-11H2,1H3,(H,26,31)(H,28,30,32). The first-order chi connectivity index (χ1) is 15.7. The average molecular weight is 489 g/mol. The number of amides is 4. The number of nitrogens with one attached hydrogen (secondary N) is 3. The van der Waals surface area contributed by atoms with E-state index in [0.29, 0.717) is 32.4 Å². The molecule has 4 rings (SSSR count). The number of halogens is 2. The quantitative estimate of drug-likeness (QED) is 0.560. The third-order valence-corrected chi connectivity index (χ3v) is 6.49. The van der Waals surface area contributed by atoms with E-state index in [2.05, 4.69) is 16.0 Å². The monoisotopic (exact) mass is 488 g/mol. The highest BCUT2D eigenvalue weighted by atomic mass is 35.5. The number of carbonyl (C=O) groups is 4. The Morgan fingerprint density at radius 1 is 1.15 bits per heavy atom. The molecule has 2 heterocycles. The molecule has 0 aromatic heterocycles. The Kier molecular flexibility index (Phi) is 6.58. The van der Waals surface area contributed by atoms with Gasteiger partial charge in [0.1, 0.15) is 6.04 Å². The molecular weight excluding hydrogens is 467 g/mol. The van der Waals surface area contributed by atoms with Crippen LogP contribution in [0.4, 0.5) is 5.69 Å². The molecule has 2 unspecified atom stereocenters. The molecule has 10 heteroatoms. The highest BCUT2D eigenvalue weighted by molar-refractivity contribution is 6.42. The van der Waals surface area contributed by atoms with Crippen LogP contribution in [0.1, 0.15) is 41.3 Å². The molecular formula is C23H22Cl2N4O4. The molecule has 0 aliphatic carbocycles. The highest BCUT2D eigenvalue weighted by Crippen LogP contribution is 2.31. The number of rotatable bonds is 5. The largest absolute Gasteiger partial charge is 0.365 e. The molecule has 0 saturated carbocycles. The third kappa shape index (κ3) is 4.82. The molecule has 2 aromatic carbocycles. The lowest BCUT2D eigenvalue weighted by atomic mass is 9.96. The summed E-state index contributed by atoms with van der Waals surface area (Å²) in [6.45, 7) is 1.92. The van der Waals surface area contributed by atoms with Crippen molar-refractivity contribution in [2.24, 2.45) is 0 Å². The zero-order chi connectivity index (χ0) is 23.7. The number of hydrogen-bond donors (Lipinski definition) is 3. The Morgan fingerprint density at radius 3 is 2.67 bits per heavy atom. The lowest BCUT2D eigenvalue weighted by molar-refractivity contribution is -0.137. The maximum Gasteiger partial charge on any atom is 0.258 e. The van der Waals surface area contributed by atoms with E-state index in [1.807, 2.05) is 0 Å². The summed E-state index contributed by atoms with van der Waals surface area (Å²) in [7, 11) is 0. The normalized spacial score (nSPS) is 20.1. The van der Waals surface area contributed by atoms with Crippen molar-refractivity contribution < 1.29 is 19.2 Å². The molecule has 172 valence electrons. The van der Waals surface area contributed by atoms with Crippen LogP contribution in [0.2, 0.25) is 10.0 Å². The maximum atomic E-state index is 13.5. The van der Waals surface area contributed by atoms with Crippen molar-refractivity contribution in [1.29, 1.82) is 0 Å². The predicted molar refractivity (Wildman–Crippen MR) is 124 cm³/mol. The van der Waals surface area contributed by atoms with Gasteiger partial charge in [0.25, 0.3) is 5.91 Å². The Morgan fingerprint density at radius 2 is 1.94 bits per heavy atom. The van der Waals surface area contributed by atoms with E-state index in [1.165, 1.54) is 4.90 Å². The van der Waals surface area contributed by atoms with Crippen LogP contribution >= 0.6 is 23.2 Å². The van der Waals surface area contributed by atoms with Gasteiger partial charge in [-0.15, -0.1) is 0 Å². The van der Waals surface area contributed by atoms with Crippen molar-refractivity contribution >= 4 is 52.5 Å². The molecule has 1 fully saturated rings. The minimum atomic E-state index is -0.747. The van der Waals surface area contributed by atoms with E-state index in [-0.39, 0.29) is 43.5 Å². The Hall–Kier alpha value is -3.10. The molecule has 33 heavy (non-hydrogen) atoms. The van der Waals surface area contributed by atoms with Crippen LogP contribution in [0.25, 0.3) is 0 Å². The number of hydrogen-bond acceptors (Lipinski definition) is 5. The van der Waals surface area contributed by atoms with Crippen molar-refractivity contribution in [3.8, 4) is 0 Å². The molecule has 0 bridgehead atoms. The van der Waals surface area contributed by atoms with E-state index < -0.39 is 18.1 Å². The van der Waals surface area contributed by atoms with E-state index in [9.17, 15) is 19.2 Å². The fourth-order valence-electron chi connectivity index (χ4n) is 4.17. The highest BCUT2D eigenvalue weighted by Gasteiger charge is 2.41. The van der Waals surface area contributed by atoms with Gasteiger partial charge in [-0.3, -0.25) is 24.5 Å². The van der Waals surface area contributed by atoms with Gasteiger partial charge >= 0.3 is 0 Å². The second-order valence-corrected chi connectivity index (χ2v) is 8.86. The van der Waals surface area contributed by atoms with Crippen molar-refractivity contribution in [1.82, 2.24) is 15.5 Å². The van der Waals surface area contributed by atoms with Crippen molar-refractivity contribution in [2.75, 3.05) is 5.32 Å². The zero-order valence-corrected chi connectivity index (χ0v) is 19.3. The number of imide groups is 1. The van der Waals surface area contributed by atoms with E-state index >= 15 is 0 Å². The lowest BCUT2D eigenvalue weighted by Crippen LogP contribution is -2.60. The van der Waals surface area contributed by atoms with Crippen LogP contribution in [0.15, 0.2) is 36.4 Å². The summed E-state index contributed by atoms with van der Waals surface area (Å²) in [6.07, 6.45) is 0.109. The maximum absolute atomic E-state index is 13.5. The van der Waals surface area contributed by atoms with Gasteiger partial charge in [0.05, 0.1) is 28.2 Å². The molecule has 8 nitrogen and oxygen atoms in total. The van der Waals surface area contributed by atoms with Gasteiger partial charge < -0.3 is 15.5 Å². The first-order valence-electron chi connectivity index (χ1n) is 10.5. The van der Waals surface area contributed by atoms with E-state index in [0.717, 1.165) is 0 Å². The van der Waals surface area contributed by atoms with Gasteiger partial charge in [-0.25, -0.2) is 0 Å². The van der Waals surface area contributed by atoms with Gasteiger partial charge in [-0.1, -0.05) is 41.4 Å². The summed E-state index contributed by atoms with van der Waals surface area (Å²) < 4.78 is 0. The van der Waals surface area contributed by atoms with Gasteiger partial charge in [-0.2, -0.15) is 0 Å². The number of anilines is 1. The van der Waals surface area contributed by atoms with Gasteiger partial charge in [0.15, 0.2) is 0 Å². The van der Waals surface area contributed by atoms with Crippen molar-refractivity contribution in [3.63, 3.8) is 0 Å². The van der Waals surface area contributed by atoms with E-state index in [1.54, 1.807) is 43.3 Å². The average Bonchev–Trinajstić information content (AvgIpc) is 2.76. The van der Waals surface area contributed by atoms with Crippen LogP contribution in [-0.2, 0) is 27.3 Å². The van der Waals surface area contributed by atoms with Crippen LogP contribution in [0, 0.1) is 0 Å². The molecule has 3 N–H and O–H groups in total. The van der Waals surface area contributed by atoms with Gasteiger partial charge in [0.2, 0.25) is 17.7 Å². The number of piperidine rings is 1. The predicted octanol–water partition coefficient (Wildman–Crippen LogP) is 2.87. The zero-order valence-electron chi connectivity index (χ0n) is 17.8. The molecule has 2 atom stereocenters.